The Balaban J connectivity index is 0.736. The van der Waals surface area contributed by atoms with Crippen molar-refractivity contribution < 1.29 is 19.1 Å². The zero-order valence-corrected chi connectivity index (χ0v) is 36.2. The van der Waals surface area contributed by atoms with E-state index in [1.54, 1.807) is 10.7 Å². The average Bonchev–Trinajstić information content (AvgIpc) is 3.61. The highest BCUT2D eigenvalue weighted by Crippen LogP contribution is 2.47. The van der Waals surface area contributed by atoms with Gasteiger partial charge in [-0.2, -0.15) is 5.10 Å². The summed E-state index contributed by atoms with van der Waals surface area (Å²) in [6.45, 7) is 8.56. The topological polar surface area (TPSA) is 93.9 Å². The summed E-state index contributed by atoms with van der Waals surface area (Å²) in [5.41, 5.74) is 8.81. The molecule has 4 aromatic carbocycles. The minimum atomic E-state index is -0.541. The number of phenolic OH excluding ortho intramolecular Hbond substituents is 1. The van der Waals surface area contributed by atoms with Gasteiger partial charge in [0.1, 0.15) is 11.6 Å². The highest BCUT2D eigenvalue weighted by atomic mass is 19.1. The van der Waals surface area contributed by atoms with Gasteiger partial charge in [-0.15, -0.1) is 0 Å². The van der Waals surface area contributed by atoms with Gasteiger partial charge in [-0.05, 0) is 146 Å². The molecule has 0 bridgehead atoms. The number of hydrogen-bond acceptors (Lipinski definition) is 7. The van der Waals surface area contributed by atoms with Gasteiger partial charge in [0.15, 0.2) is 0 Å². The Kier molecular flexibility index (Phi) is 11.6. The molecule has 2 N–H and O–H groups in total. The Morgan fingerprint density at radius 2 is 1.44 bits per heavy atom. The number of benzene rings is 4. The van der Waals surface area contributed by atoms with Gasteiger partial charge in [0.2, 0.25) is 11.8 Å². The molecule has 10 rings (SSSR count). The third-order valence-electron chi connectivity index (χ3n) is 15.5. The van der Waals surface area contributed by atoms with E-state index >= 15 is 4.39 Å². The first kappa shape index (κ1) is 41.0. The zero-order valence-electron chi connectivity index (χ0n) is 36.2. The number of likely N-dealkylation sites (tertiary alicyclic amines) is 1. The SMILES string of the molecule is Cn1nc(C2CCC(=O)NC2=O)c2cc(F)c(C3CCN(C[C@@H]4CCCC[C@H]4CN4CCN(c5ccc([C@@H]6c7ccc(O)cc7CC[C@@H]6c6ccccc6)cc5)CC4)CC3)cc21. The Hall–Kier alpha value is -5.06. The summed E-state index contributed by atoms with van der Waals surface area (Å²) in [6.07, 6.45) is 9.85. The lowest BCUT2D eigenvalue weighted by Crippen LogP contribution is -2.49. The first-order valence-electron chi connectivity index (χ1n) is 23.4. The smallest absolute Gasteiger partial charge is 0.235 e. The Bertz CT molecular complexity index is 2400. The van der Waals surface area contributed by atoms with Crippen molar-refractivity contribution >= 4 is 28.4 Å². The molecule has 3 saturated heterocycles. The molecule has 324 valence electrons. The molecule has 5 aliphatic rings. The number of phenols is 1. The van der Waals surface area contributed by atoms with E-state index in [0.29, 0.717) is 41.0 Å². The number of halogens is 1. The summed E-state index contributed by atoms with van der Waals surface area (Å²) < 4.78 is 17.6. The number of hydrogen-bond donors (Lipinski definition) is 2. The van der Waals surface area contributed by atoms with E-state index in [1.807, 2.05) is 25.2 Å². The van der Waals surface area contributed by atoms with Crippen LogP contribution in [0.1, 0.15) is 115 Å². The van der Waals surface area contributed by atoms with Crippen molar-refractivity contribution in [2.24, 2.45) is 18.9 Å². The third-order valence-corrected chi connectivity index (χ3v) is 15.5. The quantitative estimate of drug-likeness (QED) is 0.144. The number of aryl methyl sites for hydroxylation is 2. The van der Waals surface area contributed by atoms with Gasteiger partial charge in [-0.25, -0.2) is 4.39 Å². The first-order chi connectivity index (χ1) is 30.3. The predicted octanol–water partition coefficient (Wildman–Crippen LogP) is 8.61. The van der Waals surface area contributed by atoms with Crippen LogP contribution in [0.3, 0.4) is 0 Å². The van der Waals surface area contributed by atoms with Gasteiger partial charge < -0.3 is 14.9 Å². The first-order valence-corrected chi connectivity index (χ1v) is 23.4. The van der Waals surface area contributed by atoms with E-state index < -0.39 is 5.92 Å². The van der Waals surface area contributed by atoms with Crippen LogP contribution >= 0.6 is 0 Å². The minimum Gasteiger partial charge on any atom is -0.508 e. The molecule has 0 spiro atoms. The van der Waals surface area contributed by atoms with Gasteiger partial charge >= 0.3 is 0 Å². The Morgan fingerprint density at radius 3 is 2.15 bits per heavy atom. The summed E-state index contributed by atoms with van der Waals surface area (Å²) in [7, 11) is 1.85. The largest absolute Gasteiger partial charge is 0.508 e. The van der Waals surface area contributed by atoms with Crippen LogP contribution in [0.15, 0.2) is 84.9 Å². The maximum absolute atomic E-state index is 15.9. The third kappa shape index (κ3) is 8.28. The van der Waals surface area contributed by atoms with Crippen LogP contribution in [0.4, 0.5) is 10.1 Å². The monoisotopic (exact) mass is 836 g/mol. The van der Waals surface area contributed by atoms with Crippen LogP contribution < -0.4 is 10.2 Å². The van der Waals surface area contributed by atoms with Crippen molar-refractivity contribution in [3.05, 3.63) is 124 Å². The van der Waals surface area contributed by atoms with Crippen molar-refractivity contribution in [2.75, 3.05) is 57.3 Å². The van der Waals surface area contributed by atoms with Crippen molar-refractivity contribution in [1.82, 2.24) is 24.9 Å². The van der Waals surface area contributed by atoms with Gasteiger partial charge in [0.25, 0.3) is 0 Å². The molecule has 62 heavy (non-hydrogen) atoms. The predicted molar refractivity (Wildman–Crippen MR) is 242 cm³/mol. The zero-order chi connectivity index (χ0) is 42.3. The standard InChI is InChI=1S/C52H61FN6O3/c1-56-48-31-45(47(53)30-46(48)51(55-56)44-19-20-49(61)54-52(44)62)35-21-23-57(24-22-35)32-38-9-5-6-10-39(38)33-58-25-27-59(28-26-58)40-14-11-36(12-15-40)50-42(34-7-3-2-4-8-34)17-13-37-29-41(60)16-18-43(37)50/h2-4,7-8,11-12,14-16,18,29-31,35,38-39,42,44,50,60H,5-6,9-10,13,17,19-28,32-33H2,1H3,(H,54,61,62)/t38-,39-,42+,44?,50-/m0/s1. The van der Waals surface area contributed by atoms with Crippen LogP contribution in [0.25, 0.3) is 10.9 Å². The lowest BCUT2D eigenvalue weighted by Gasteiger charge is -2.42. The molecule has 0 radical (unpaired) electrons. The molecular formula is C52H61FN6O3. The highest BCUT2D eigenvalue weighted by Gasteiger charge is 2.36. The number of piperazine rings is 1. The molecule has 3 aliphatic heterocycles. The number of fused-ring (bicyclic) bond motifs is 2. The molecular weight excluding hydrogens is 776 g/mol. The number of aromatic hydroxyl groups is 1. The van der Waals surface area contributed by atoms with Gasteiger partial charge in [0.05, 0.1) is 17.1 Å². The maximum Gasteiger partial charge on any atom is 0.235 e. The van der Waals surface area contributed by atoms with Gasteiger partial charge in [-0.1, -0.05) is 61.4 Å². The maximum atomic E-state index is 15.9. The van der Waals surface area contributed by atoms with Crippen LogP contribution in [0.2, 0.25) is 0 Å². The molecule has 2 aliphatic carbocycles. The molecule has 1 saturated carbocycles. The van der Waals surface area contributed by atoms with Crippen LogP contribution in [0, 0.1) is 17.7 Å². The average molecular weight is 837 g/mol. The number of nitrogens with one attached hydrogen (secondary N) is 1. The van der Waals surface area contributed by atoms with Gasteiger partial charge in [-0.3, -0.25) is 24.5 Å². The molecule has 5 atom stereocenters. The van der Waals surface area contributed by atoms with Crippen molar-refractivity contribution in [3.63, 3.8) is 0 Å². The number of carbonyl (C=O) groups is 2. The molecule has 9 nitrogen and oxygen atoms in total. The number of amides is 2. The molecule has 1 unspecified atom stereocenters. The summed E-state index contributed by atoms with van der Waals surface area (Å²) in [5, 5.41) is 18.0. The van der Waals surface area contributed by atoms with E-state index in [9.17, 15) is 14.7 Å². The van der Waals surface area contributed by atoms with Crippen LogP contribution in [-0.2, 0) is 23.1 Å². The number of carbonyl (C=O) groups excluding carboxylic acids is 2. The van der Waals surface area contributed by atoms with Crippen molar-refractivity contribution in [2.45, 2.75) is 87.9 Å². The second-order valence-corrected chi connectivity index (χ2v) is 19.1. The number of aromatic nitrogens is 2. The van der Waals surface area contributed by atoms with Crippen molar-refractivity contribution in [3.8, 4) is 5.75 Å². The number of nitrogens with zero attached hydrogens (tertiary/aromatic N) is 5. The summed E-state index contributed by atoms with van der Waals surface area (Å²) >= 11 is 0. The fraction of sp³-hybridized carbons (Fsp3) is 0.481. The Morgan fingerprint density at radius 1 is 0.726 bits per heavy atom. The van der Waals surface area contributed by atoms with E-state index in [1.165, 1.54) is 60.2 Å². The van der Waals surface area contributed by atoms with E-state index in [-0.39, 0.29) is 35.9 Å². The summed E-state index contributed by atoms with van der Waals surface area (Å²) in [4.78, 5) is 32.3. The fourth-order valence-electron chi connectivity index (χ4n) is 12.1. The molecule has 5 aromatic rings. The lowest BCUT2D eigenvalue weighted by atomic mass is 9.69. The molecule has 2 amide bonds. The molecule has 10 heteroatoms. The van der Waals surface area contributed by atoms with Crippen LogP contribution in [0.5, 0.6) is 5.75 Å². The summed E-state index contributed by atoms with van der Waals surface area (Å²) in [6, 6.07) is 29.9. The number of anilines is 1. The van der Waals surface area contributed by atoms with Crippen LogP contribution in [-0.4, -0.2) is 88.9 Å². The van der Waals surface area contributed by atoms with E-state index in [2.05, 4.69) is 85.8 Å². The Labute approximate surface area is 365 Å². The van der Waals surface area contributed by atoms with E-state index in [0.717, 1.165) is 82.6 Å². The second kappa shape index (κ2) is 17.6. The lowest BCUT2D eigenvalue weighted by molar-refractivity contribution is -0.134. The second-order valence-electron chi connectivity index (χ2n) is 19.1. The van der Waals surface area contributed by atoms with Gasteiger partial charge in [0, 0.05) is 69.7 Å². The number of imide groups is 1. The number of piperidine rings is 2. The van der Waals surface area contributed by atoms with Crippen molar-refractivity contribution in [1.29, 1.82) is 0 Å². The normalized spacial score (nSPS) is 25.5. The highest BCUT2D eigenvalue weighted by molar-refractivity contribution is 6.02. The minimum absolute atomic E-state index is 0.157. The van der Waals surface area contributed by atoms with E-state index in [4.69, 9.17) is 0 Å². The molecule has 1 aromatic heterocycles. The fourth-order valence-corrected chi connectivity index (χ4v) is 12.1. The number of rotatable bonds is 9. The summed E-state index contributed by atoms with van der Waals surface area (Å²) in [5.74, 6) is 1.23. The molecule has 4 fully saturated rings. The molecule has 4 heterocycles.